The van der Waals surface area contributed by atoms with Gasteiger partial charge < -0.3 is 24.1 Å². The van der Waals surface area contributed by atoms with Crippen molar-refractivity contribution in [2.45, 2.75) is 31.7 Å². The van der Waals surface area contributed by atoms with Gasteiger partial charge in [0.1, 0.15) is 12.1 Å². The van der Waals surface area contributed by atoms with Gasteiger partial charge in [0.05, 0.1) is 0 Å². The molecule has 0 spiro atoms. The molecule has 0 saturated carbocycles. The standard InChI is InChI=1S/C20H25N3O5/c24-18(25)13-23(15-7-11-27-12-8-15)19(26)14-5-9-22(10-6-14)20-21-16-3-1-2-4-17(16)28-20/h1-4,14-15H,5-13H2,(H,24,25). The van der Waals surface area contributed by atoms with Crippen molar-refractivity contribution >= 4 is 29.0 Å². The second-order valence-electron chi connectivity index (χ2n) is 7.43. The number of rotatable bonds is 5. The molecule has 2 aliphatic rings. The lowest BCUT2D eigenvalue weighted by molar-refractivity contribution is -0.150. The summed E-state index contributed by atoms with van der Waals surface area (Å²) in [5.41, 5.74) is 1.57. The highest BCUT2D eigenvalue weighted by atomic mass is 16.5. The number of carboxylic acid groups (broad SMARTS) is 1. The number of benzene rings is 1. The van der Waals surface area contributed by atoms with Crippen molar-refractivity contribution in [3.63, 3.8) is 0 Å². The van der Waals surface area contributed by atoms with Gasteiger partial charge in [0.25, 0.3) is 6.01 Å². The number of hydrogen-bond donors (Lipinski definition) is 1. The van der Waals surface area contributed by atoms with Crippen molar-refractivity contribution in [1.29, 1.82) is 0 Å². The van der Waals surface area contributed by atoms with Gasteiger partial charge >= 0.3 is 5.97 Å². The van der Waals surface area contributed by atoms with E-state index in [0.717, 1.165) is 11.1 Å². The summed E-state index contributed by atoms with van der Waals surface area (Å²) in [5, 5.41) is 9.27. The van der Waals surface area contributed by atoms with Gasteiger partial charge in [-0.3, -0.25) is 9.59 Å². The van der Waals surface area contributed by atoms with Crippen LogP contribution in [0.2, 0.25) is 0 Å². The number of oxazole rings is 1. The average Bonchev–Trinajstić information content (AvgIpc) is 3.16. The number of ether oxygens (including phenoxy) is 1. The van der Waals surface area contributed by atoms with Crippen molar-refractivity contribution in [3.05, 3.63) is 24.3 Å². The van der Waals surface area contributed by atoms with Gasteiger partial charge in [0.2, 0.25) is 5.91 Å². The van der Waals surface area contributed by atoms with Crippen molar-refractivity contribution in [3.8, 4) is 0 Å². The van der Waals surface area contributed by atoms with Gasteiger partial charge in [-0.05, 0) is 37.8 Å². The lowest BCUT2D eigenvalue weighted by Gasteiger charge is -2.37. The Labute approximate surface area is 163 Å². The lowest BCUT2D eigenvalue weighted by Crippen LogP contribution is -2.50. The number of carbonyl (C=O) groups is 2. The number of fused-ring (bicyclic) bond motifs is 1. The van der Waals surface area contributed by atoms with Crippen LogP contribution in [0.5, 0.6) is 0 Å². The first kappa shape index (κ1) is 18.7. The molecule has 1 aromatic carbocycles. The maximum Gasteiger partial charge on any atom is 0.323 e. The van der Waals surface area contributed by atoms with Crippen LogP contribution in [0.4, 0.5) is 6.01 Å². The number of piperidine rings is 1. The van der Waals surface area contributed by atoms with Gasteiger partial charge in [-0.25, -0.2) is 0 Å². The monoisotopic (exact) mass is 387 g/mol. The van der Waals surface area contributed by atoms with Crippen LogP contribution in [0.15, 0.2) is 28.7 Å². The molecule has 3 heterocycles. The molecule has 0 atom stereocenters. The number of amides is 1. The predicted molar refractivity (Wildman–Crippen MR) is 102 cm³/mol. The first-order valence-corrected chi connectivity index (χ1v) is 9.82. The zero-order valence-corrected chi connectivity index (χ0v) is 15.7. The van der Waals surface area contributed by atoms with Crippen molar-refractivity contribution < 1.29 is 23.8 Å². The molecule has 150 valence electrons. The van der Waals surface area contributed by atoms with Crippen LogP contribution in [0, 0.1) is 5.92 Å². The zero-order valence-electron chi connectivity index (χ0n) is 15.7. The molecule has 2 aliphatic heterocycles. The summed E-state index contributed by atoms with van der Waals surface area (Å²) in [5.74, 6) is -1.18. The lowest BCUT2D eigenvalue weighted by atomic mass is 9.94. The fourth-order valence-electron chi connectivity index (χ4n) is 4.08. The van der Waals surface area contributed by atoms with Gasteiger partial charge in [-0.2, -0.15) is 4.98 Å². The van der Waals surface area contributed by atoms with Gasteiger partial charge in [-0.15, -0.1) is 0 Å². The summed E-state index contributed by atoms with van der Waals surface area (Å²) in [7, 11) is 0. The molecule has 0 bridgehead atoms. The van der Waals surface area contributed by atoms with E-state index < -0.39 is 5.97 Å². The third kappa shape index (κ3) is 3.96. The van der Waals surface area contributed by atoms with Crippen LogP contribution < -0.4 is 4.90 Å². The molecule has 2 aromatic rings. The maximum absolute atomic E-state index is 13.1. The SMILES string of the molecule is O=C(O)CN(C(=O)C1CCN(c2nc3ccccc3o2)CC1)C1CCOCC1. The van der Waals surface area contributed by atoms with E-state index in [1.165, 1.54) is 0 Å². The minimum atomic E-state index is -0.969. The maximum atomic E-state index is 13.1. The summed E-state index contributed by atoms with van der Waals surface area (Å²) in [4.78, 5) is 32.5. The van der Waals surface area contributed by atoms with E-state index in [1.54, 1.807) is 4.90 Å². The highest BCUT2D eigenvalue weighted by Gasteiger charge is 2.34. The van der Waals surface area contributed by atoms with E-state index in [-0.39, 0.29) is 24.4 Å². The van der Waals surface area contributed by atoms with Gasteiger partial charge in [-0.1, -0.05) is 12.1 Å². The molecule has 2 saturated heterocycles. The smallest absolute Gasteiger partial charge is 0.323 e. The number of nitrogens with zero attached hydrogens (tertiary/aromatic N) is 3. The molecule has 0 radical (unpaired) electrons. The van der Waals surface area contributed by atoms with E-state index >= 15 is 0 Å². The van der Waals surface area contributed by atoms with Crippen molar-refractivity contribution in [2.24, 2.45) is 5.92 Å². The molecule has 4 rings (SSSR count). The number of aromatic nitrogens is 1. The summed E-state index contributed by atoms with van der Waals surface area (Å²) in [6.07, 6.45) is 2.72. The second-order valence-corrected chi connectivity index (χ2v) is 7.43. The van der Waals surface area contributed by atoms with Gasteiger partial charge in [0, 0.05) is 38.3 Å². The topological polar surface area (TPSA) is 96.1 Å². The van der Waals surface area contributed by atoms with E-state index in [1.807, 2.05) is 24.3 Å². The molecule has 8 nitrogen and oxygen atoms in total. The van der Waals surface area contributed by atoms with Crippen LogP contribution in [-0.2, 0) is 14.3 Å². The quantitative estimate of drug-likeness (QED) is 0.839. The van der Waals surface area contributed by atoms with Crippen LogP contribution in [-0.4, -0.2) is 65.8 Å². The van der Waals surface area contributed by atoms with Crippen LogP contribution in [0.25, 0.3) is 11.1 Å². The summed E-state index contributed by atoms with van der Waals surface area (Å²) >= 11 is 0. The number of aliphatic carboxylic acids is 1. The minimum absolute atomic E-state index is 0.0487. The number of hydrogen-bond acceptors (Lipinski definition) is 6. The number of para-hydroxylation sites is 2. The molecule has 1 amide bonds. The molecule has 1 aromatic heterocycles. The third-order valence-corrected chi connectivity index (χ3v) is 5.62. The Kier molecular flexibility index (Phi) is 5.47. The number of anilines is 1. The number of carbonyl (C=O) groups excluding carboxylic acids is 1. The molecular formula is C20H25N3O5. The Hall–Kier alpha value is -2.61. The normalized spacial score (nSPS) is 19.1. The number of carboxylic acids is 1. The fraction of sp³-hybridized carbons (Fsp3) is 0.550. The van der Waals surface area contributed by atoms with Crippen LogP contribution >= 0.6 is 0 Å². The molecule has 8 heteroatoms. The molecule has 1 N–H and O–H groups in total. The van der Waals surface area contributed by atoms with Crippen molar-refractivity contribution in [1.82, 2.24) is 9.88 Å². The van der Waals surface area contributed by atoms with Crippen LogP contribution in [0.1, 0.15) is 25.7 Å². The largest absolute Gasteiger partial charge is 0.480 e. The summed E-state index contributed by atoms with van der Waals surface area (Å²) in [6.45, 7) is 2.24. The van der Waals surface area contributed by atoms with E-state index in [4.69, 9.17) is 9.15 Å². The first-order valence-electron chi connectivity index (χ1n) is 9.82. The molecular weight excluding hydrogens is 362 g/mol. The first-order chi connectivity index (χ1) is 13.6. The Morgan fingerprint density at radius 1 is 1.14 bits per heavy atom. The summed E-state index contributed by atoms with van der Waals surface area (Å²) in [6, 6.07) is 8.17. The Balaban J connectivity index is 1.40. The Bertz CT molecular complexity index is 804. The molecule has 0 aliphatic carbocycles. The molecule has 2 fully saturated rings. The van der Waals surface area contributed by atoms with E-state index in [2.05, 4.69) is 9.88 Å². The van der Waals surface area contributed by atoms with E-state index in [0.29, 0.717) is 58.0 Å². The van der Waals surface area contributed by atoms with Crippen molar-refractivity contribution in [2.75, 3.05) is 37.7 Å². The highest BCUT2D eigenvalue weighted by molar-refractivity contribution is 5.83. The average molecular weight is 387 g/mol. The molecule has 28 heavy (non-hydrogen) atoms. The second kappa shape index (κ2) is 8.18. The Morgan fingerprint density at radius 3 is 2.54 bits per heavy atom. The third-order valence-electron chi connectivity index (χ3n) is 5.62. The van der Waals surface area contributed by atoms with Crippen LogP contribution in [0.3, 0.4) is 0 Å². The highest BCUT2D eigenvalue weighted by Crippen LogP contribution is 2.28. The summed E-state index contributed by atoms with van der Waals surface area (Å²) < 4.78 is 11.2. The van der Waals surface area contributed by atoms with E-state index in [9.17, 15) is 14.7 Å². The minimum Gasteiger partial charge on any atom is -0.480 e. The van der Waals surface area contributed by atoms with Gasteiger partial charge in [0.15, 0.2) is 5.58 Å². The molecule has 0 unspecified atom stereocenters. The predicted octanol–water partition coefficient (Wildman–Crippen LogP) is 2.14. The fourth-order valence-corrected chi connectivity index (χ4v) is 4.08. The zero-order chi connectivity index (χ0) is 19.5. The Morgan fingerprint density at radius 2 is 1.86 bits per heavy atom.